The number of nitrogens with zero attached hydrogens (tertiary/aromatic N) is 3. The third-order valence-corrected chi connectivity index (χ3v) is 6.82. The van der Waals surface area contributed by atoms with Crippen molar-refractivity contribution in [1.82, 2.24) is 14.3 Å². The Morgan fingerprint density at radius 1 is 1.25 bits per heavy atom. The molecular weight excluding hydrogens is 294 g/mol. The first-order valence-corrected chi connectivity index (χ1v) is 8.79. The Kier molecular flexibility index (Phi) is 3.82. The summed E-state index contributed by atoms with van der Waals surface area (Å²) in [5.41, 5.74) is 0.959. The second-order valence-corrected chi connectivity index (χ2v) is 7.85. The fourth-order valence-corrected chi connectivity index (χ4v) is 5.07. The maximum atomic E-state index is 12.4. The number of sulfonamides is 1. The van der Waals surface area contributed by atoms with Gasteiger partial charge in [0.15, 0.2) is 0 Å². The van der Waals surface area contributed by atoms with E-state index in [0.717, 1.165) is 18.5 Å². The Labute approximate surface area is 122 Å². The second kappa shape index (κ2) is 5.59. The molecule has 0 amide bonds. The summed E-state index contributed by atoms with van der Waals surface area (Å²) in [6, 6.07) is 3.43. The number of piperidine rings is 1. The Balaban J connectivity index is 1.70. The second-order valence-electron chi connectivity index (χ2n) is 4.74. The number of rotatable bonds is 3. The van der Waals surface area contributed by atoms with E-state index >= 15 is 0 Å². The molecule has 3 heterocycles. The smallest absolute Gasteiger partial charge is 0.252 e. The van der Waals surface area contributed by atoms with Crippen LogP contribution in [0.1, 0.15) is 24.5 Å². The molecule has 7 heteroatoms. The predicted octanol–water partition coefficient (Wildman–Crippen LogP) is 2.11. The first-order chi connectivity index (χ1) is 9.68. The zero-order chi connectivity index (χ0) is 14.0. The molecule has 0 spiro atoms. The van der Waals surface area contributed by atoms with Gasteiger partial charge in [-0.2, -0.15) is 4.31 Å². The van der Waals surface area contributed by atoms with E-state index in [1.807, 2.05) is 0 Å². The molecule has 1 saturated heterocycles. The summed E-state index contributed by atoms with van der Waals surface area (Å²) in [5.74, 6) is 0.304. The van der Waals surface area contributed by atoms with Gasteiger partial charge in [0.1, 0.15) is 4.21 Å². The first kappa shape index (κ1) is 13.7. The third kappa shape index (κ3) is 2.61. The van der Waals surface area contributed by atoms with Gasteiger partial charge in [-0.05, 0) is 24.3 Å². The van der Waals surface area contributed by atoms with Crippen molar-refractivity contribution in [2.75, 3.05) is 13.1 Å². The summed E-state index contributed by atoms with van der Waals surface area (Å²) in [7, 11) is -3.31. The highest BCUT2D eigenvalue weighted by Crippen LogP contribution is 2.30. The molecule has 106 valence electrons. The van der Waals surface area contributed by atoms with Gasteiger partial charge in [0.05, 0.1) is 5.69 Å². The van der Waals surface area contributed by atoms with Gasteiger partial charge in [-0.1, -0.05) is 6.07 Å². The summed E-state index contributed by atoms with van der Waals surface area (Å²) in [6.07, 6.45) is 6.70. The van der Waals surface area contributed by atoms with Gasteiger partial charge >= 0.3 is 0 Å². The van der Waals surface area contributed by atoms with Crippen LogP contribution in [-0.2, 0) is 10.0 Å². The van der Waals surface area contributed by atoms with Crippen LogP contribution in [0.2, 0.25) is 0 Å². The van der Waals surface area contributed by atoms with Crippen LogP contribution in [-0.4, -0.2) is 35.8 Å². The maximum absolute atomic E-state index is 12.4. The van der Waals surface area contributed by atoms with E-state index in [0.29, 0.717) is 23.2 Å². The molecule has 2 aromatic heterocycles. The molecule has 1 aliphatic heterocycles. The molecule has 2 aromatic rings. The van der Waals surface area contributed by atoms with E-state index in [-0.39, 0.29) is 0 Å². The normalized spacial score (nSPS) is 18.2. The van der Waals surface area contributed by atoms with Crippen molar-refractivity contribution in [3.8, 4) is 0 Å². The molecule has 5 nitrogen and oxygen atoms in total. The number of hydrogen-bond acceptors (Lipinski definition) is 5. The van der Waals surface area contributed by atoms with Crippen LogP contribution in [0.5, 0.6) is 0 Å². The van der Waals surface area contributed by atoms with E-state index in [1.54, 1.807) is 40.4 Å². The van der Waals surface area contributed by atoms with E-state index in [2.05, 4.69) is 9.97 Å². The molecule has 0 N–H and O–H groups in total. The number of hydrogen-bond donors (Lipinski definition) is 0. The van der Waals surface area contributed by atoms with Crippen LogP contribution in [0.3, 0.4) is 0 Å². The molecule has 20 heavy (non-hydrogen) atoms. The fourth-order valence-electron chi connectivity index (χ4n) is 2.45. The van der Waals surface area contributed by atoms with Gasteiger partial charge in [0.25, 0.3) is 10.0 Å². The standard InChI is InChI=1S/C13H15N3O2S2/c17-20(18,13-2-1-9-19-13)16-7-3-11(4-8-16)12-10-14-5-6-15-12/h1-2,5-6,9-11H,3-4,7-8H2. The summed E-state index contributed by atoms with van der Waals surface area (Å²) in [6.45, 7) is 1.09. The Hall–Kier alpha value is -1.31. The van der Waals surface area contributed by atoms with E-state index in [4.69, 9.17) is 0 Å². The summed E-state index contributed by atoms with van der Waals surface area (Å²) in [4.78, 5) is 8.39. The minimum absolute atomic E-state index is 0.304. The van der Waals surface area contributed by atoms with Gasteiger partial charge < -0.3 is 0 Å². The topological polar surface area (TPSA) is 63.2 Å². The third-order valence-electron chi connectivity index (χ3n) is 3.54. The minimum atomic E-state index is -3.31. The van der Waals surface area contributed by atoms with Crippen LogP contribution in [0.15, 0.2) is 40.3 Å². The summed E-state index contributed by atoms with van der Waals surface area (Å²) in [5, 5.41) is 1.79. The van der Waals surface area contributed by atoms with Crippen LogP contribution in [0.4, 0.5) is 0 Å². The summed E-state index contributed by atoms with van der Waals surface area (Å²) >= 11 is 1.27. The van der Waals surface area contributed by atoms with Gasteiger partial charge in [0, 0.05) is 37.6 Å². The lowest BCUT2D eigenvalue weighted by atomic mass is 9.95. The number of aromatic nitrogens is 2. The molecule has 3 rings (SSSR count). The van der Waals surface area contributed by atoms with Crippen molar-refractivity contribution in [2.45, 2.75) is 23.0 Å². The van der Waals surface area contributed by atoms with E-state index in [9.17, 15) is 8.42 Å². The largest absolute Gasteiger partial charge is 0.261 e. The first-order valence-electron chi connectivity index (χ1n) is 6.47. The van der Waals surface area contributed by atoms with Gasteiger partial charge in [-0.15, -0.1) is 11.3 Å². The van der Waals surface area contributed by atoms with E-state index < -0.39 is 10.0 Å². The SMILES string of the molecule is O=S(=O)(c1cccs1)N1CCC(c2cnccn2)CC1. The van der Waals surface area contributed by atoms with E-state index in [1.165, 1.54) is 11.3 Å². The summed E-state index contributed by atoms with van der Waals surface area (Å²) < 4.78 is 26.8. The monoisotopic (exact) mass is 309 g/mol. The van der Waals surface area contributed by atoms with Crippen molar-refractivity contribution < 1.29 is 8.42 Å². The van der Waals surface area contributed by atoms with Crippen molar-refractivity contribution >= 4 is 21.4 Å². The zero-order valence-corrected chi connectivity index (χ0v) is 12.5. The van der Waals surface area contributed by atoms with Crippen molar-refractivity contribution in [3.05, 3.63) is 41.8 Å². The molecule has 0 aromatic carbocycles. The fraction of sp³-hybridized carbons (Fsp3) is 0.385. The van der Waals surface area contributed by atoms with Crippen LogP contribution in [0, 0.1) is 0 Å². The van der Waals surface area contributed by atoms with Gasteiger partial charge in [-0.3, -0.25) is 9.97 Å². The lowest BCUT2D eigenvalue weighted by Gasteiger charge is -2.30. The molecule has 0 saturated carbocycles. The molecule has 0 aliphatic carbocycles. The Bertz CT molecular complexity index is 648. The highest BCUT2D eigenvalue weighted by atomic mass is 32.2. The molecule has 0 radical (unpaired) electrons. The zero-order valence-electron chi connectivity index (χ0n) is 10.8. The van der Waals surface area contributed by atoms with Crippen LogP contribution >= 0.6 is 11.3 Å². The quantitative estimate of drug-likeness (QED) is 0.871. The maximum Gasteiger partial charge on any atom is 0.252 e. The molecule has 1 fully saturated rings. The van der Waals surface area contributed by atoms with Crippen LogP contribution in [0.25, 0.3) is 0 Å². The molecule has 0 atom stereocenters. The van der Waals surface area contributed by atoms with Crippen molar-refractivity contribution in [3.63, 3.8) is 0 Å². The highest BCUT2D eigenvalue weighted by molar-refractivity contribution is 7.91. The van der Waals surface area contributed by atoms with Crippen molar-refractivity contribution in [1.29, 1.82) is 0 Å². The highest BCUT2D eigenvalue weighted by Gasteiger charge is 2.30. The van der Waals surface area contributed by atoms with Gasteiger partial charge in [-0.25, -0.2) is 8.42 Å². The van der Waals surface area contributed by atoms with Gasteiger partial charge in [0.2, 0.25) is 0 Å². The average Bonchev–Trinajstić information content (AvgIpc) is 3.03. The predicted molar refractivity (Wildman–Crippen MR) is 77.1 cm³/mol. The lowest BCUT2D eigenvalue weighted by Crippen LogP contribution is -2.37. The van der Waals surface area contributed by atoms with Crippen LogP contribution < -0.4 is 0 Å². The molecular formula is C13H15N3O2S2. The minimum Gasteiger partial charge on any atom is -0.261 e. The Morgan fingerprint density at radius 2 is 2.05 bits per heavy atom. The lowest BCUT2D eigenvalue weighted by molar-refractivity contribution is 0.317. The number of thiophene rings is 1. The Morgan fingerprint density at radius 3 is 2.65 bits per heavy atom. The molecule has 1 aliphatic rings. The molecule has 0 unspecified atom stereocenters. The molecule has 0 bridgehead atoms. The average molecular weight is 309 g/mol. The van der Waals surface area contributed by atoms with Crippen molar-refractivity contribution in [2.24, 2.45) is 0 Å².